The second-order valence-corrected chi connectivity index (χ2v) is 8.77. The quantitative estimate of drug-likeness (QED) is 0.395. The molecule has 1 N–H and O–H groups in total. The van der Waals surface area contributed by atoms with E-state index in [0.717, 1.165) is 16.9 Å². The van der Waals surface area contributed by atoms with Crippen molar-refractivity contribution in [1.82, 2.24) is 4.90 Å². The number of carbonyl (C=O) groups excluding carboxylic acids is 5. The van der Waals surface area contributed by atoms with E-state index < -0.39 is 30.3 Å². The van der Waals surface area contributed by atoms with E-state index in [2.05, 4.69) is 5.32 Å². The van der Waals surface area contributed by atoms with Crippen molar-refractivity contribution in [3.8, 4) is 0 Å². The zero-order valence-corrected chi connectivity index (χ0v) is 19.8. The zero-order chi connectivity index (χ0) is 25.9. The molecule has 0 unspecified atom stereocenters. The van der Waals surface area contributed by atoms with Crippen LogP contribution >= 0.6 is 0 Å². The van der Waals surface area contributed by atoms with Crippen molar-refractivity contribution in [2.75, 3.05) is 23.4 Å². The number of amides is 4. The van der Waals surface area contributed by atoms with Gasteiger partial charge in [-0.05, 0) is 48.4 Å². The SMILES string of the molecule is O=C(COC(=O)c1ccc2c(c1)C(=O)N(Cc1ccccc1)C2=O)Nc1cccc(N2CCCC2=O)c1. The zero-order valence-electron chi connectivity index (χ0n) is 19.8. The number of ether oxygens (including phenoxy) is 1. The van der Waals surface area contributed by atoms with Gasteiger partial charge in [-0.3, -0.25) is 24.1 Å². The van der Waals surface area contributed by atoms with Crippen LogP contribution in [0.25, 0.3) is 0 Å². The molecule has 0 spiro atoms. The minimum atomic E-state index is -0.795. The van der Waals surface area contributed by atoms with Crippen molar-refractivity contribution in [2.24, 2.45) is 0 Å². The van der Waals surface area contributed by atoms with Crippen LogP contribution in [0.4, 0.5) is 11.4 Å². The monoisotopic (exact) mass is 497 g/mol. The molecule has 0 bridgehead atoms. The summed E-state index contributed by atoms with van der Waals surface area (Å²) in [4.78, 5) is 65.3. The average Bonchev–Trinajstić information content (AvgIpc) is 3.44. The van der Waals surface area contributed by atoms with Gasteiger partial charge in [0, 0.05) is 24.3 Å². The molecular formula is C28H23N3O6. The molecule has 37 heavy (non-hydrogen) atoms. The summed E-state index contributed by atoms with van der Waals surface area (Å²) in [6, 6.07) is 20.1. The second kappa shape index (κ2) is 10.1. The molecular weight excluding hydrogens is 474 g/mol. The number of hydrogen-bond acceptors (Lipinski definition) is 6. The van der Waals surface area contributed by atoms with E-state index in [0.29, 0.717) is 24.3 Å². The highest BCUT2D eigenvalue weighted by Gasteiger charge is 2.36. The van der Waals surface area contributed by atoms with Gasteiger partial charge in [0.2, 0.25) is 5.91 Å². The molecule has 1 fully saturated rings. The minimum Gasteiger partial charge on any atom is -0.452 e. The van der Waals surface area contributed by atoms with Crippen LogP contribution in [-0.2, 0) is 20.9 Å². The van der Waals surface area contributed by atoms with E-state index in [1.54, 1.807) is 29.2 Å². The summed E-state index contributed by atoms with van der Waals surface area (Å²) in [5.74, 6) is -2.24. The molecule has 3 aromatic carbocycles. The highest BCUT2D eigenvalue weighted by atomic mass is 16.5. The highest BCUT2D eigenvalue weighted by Crippen LogP contribution is 2.26. The molecule has 2 aliphatic heterocycles. The fourth-order valence-electron chi connectivity index (χ4n) is 4.41. The van der Waals surface area contributed by atoms with Crippen molar-refractivity contribution in [3.05, 3.63) is 95.1 Å². The van der Waals surface area contributed by atoms with Crippen LogP contribution in [-0.4, -0.2) is 47.6 Å². The first-order valence-corrected chi connectivity index (χ1v) is 11.8. The Balaban J connectivity index is 1.20. The van der Waals surface area contributed by atoms with E-state index in [9.17, 15) is 24.0 Å². The smallest absolute Gasteiger partial charge is 0.338 e. The van der Waals surface area contributed by atoms with Crippen molar-refractivity contribution in [3.63, 3.8) is 0 Å². The third kappa shape index (κ3) is 4.97. The third-order valence-corrected chi connectivity index (χ3v) is 6.24. The molecule has 5 rings (SSSR count). The number of rotatable bonds is 7. The van der Waals surface area contributed by atoms with E-state index >= 15 is 0 Å². The van der Waals surface area contributed by atoms with Crippen molar-refractivity contribution < 1.29 is 28.7 Å². The van der Waals surface area contributed by atoms with Gasteiger partial charge in [-0.15, -0.1) is 0 Å². The molecule has 4 amide bonds. The Hall–Kier alpha value is -4.79. The molecule has 2 heterocycles. The molecule has 9 heteroatoms. The van der Waals surface area contributed by atoms with Crippen molar-refractivity contribution in [2.45, 2.75) is 19.4 Å². The van der Waals surface area contributed by atoms with Crippen LogP contribution in [0.2, 0.25) is 0 Å². The molecule has 0 aromatic heterocycles. The maximum absolute atomic E-state index is 12.9. The lowest BCUT2D eigenvalue weighted by Crippen LogP contribution is -2.29. The van der Waals surface area contributed by atoms with Gasteiger partial charge >= 0.3 is 5.97 Å². The van der Waals surface area contributed by atoms with Crippen LogP contribution in [0.5, 0.6) is 0 Å². The summed E-state index contributed by atoms with van der Waals surface area (Å²) in [5.41, 5.74) is 2.36. The fourth-order valence-corrected chi connectivity index (χ4v) is 4.41. The molecule has 0 aliphatic carbocycles. The van der Waals surface area contributed by atoms with Crippen LogP contribution in [0.15, 0.2) is 72.8 Å². The standard InChI is InChI=1S/C28H23N3O6/c32-24(29-20-8-4-9-21(15-20)30-13-5-10-25(30)33)17-37-28(36)19-11-12-22-23(14-19)27(35)31(26(22)34)16-18-6-2-1-3-7-18/h1-4,6-9,11-12,14-15H,5,10,13,16-17H2,(H,29,32). The summed E-state index contributed by atoms with van der Waals surface area (Å²) in [5, 5.41) is 2.65. The lowest BCUT2D eigenvalue weighted by Gasteiger charge is -2.16. The number of nitrogens with one attached hydrogen (secondary N) is 1. The predicted octanol–water partition coefficient (Wildman–Crippen LogP) is 3.41. The Bertz CT molecular complexity index is 1420. The van der Waals surface area contributed by atoms with Gasteiger partial charge in [0.05, 0.1) is 23.2 Å². The van der Waals surface area contributed by atoms with Gasteiger partial charge in [-0.1, -0.05) is 36.4 Å². The Morgan fingerprint density at radius 2 is 1.65 bits per heavy atom. The third-order valence-electron chi connectivity index (χ3n) is 6.24. The topological polar surface area (TPSA) is 113 Å². The molecule has 0 radical (unpaired) electrons. The Kier molecular flexibility index (Phi) is 6.51. The maximum atomic E-state index is 12.9. The Morgan fingerprint density at radius 1 is 0.865 bits per heavy atom. The average molecular weight is 498 g/mol. The van der Waals surface area contributed by atoms with E-state index in [4.69, 9.17) is 4.74 Å². The Labute approximate surface area is 212 Å². The number of benzene rings is 3. The first-order chi connectivity index (χ1) is 17.9. The molecule has 3 aromatic rings. The van der Waals surface area contributed by atoms with Crippen LogP contribution in [0.1, 0.15) is 49.5 Å². The van der Waals surface area contributed by atoms with Crippen LogP contribution in [0, 0.1) is 0 Å². The number of hydrogen-bond donors (Lipinski definition) is 1. The van der Waals surface area contributed by atoms with E-state index in [1.807, 2.05) is 30.3 Å². The van der Waals surface area contributed by atoms with Crippen molar-refractivity contribution in [1.29, 1.82) is 0 Å². The highest BCUT2D eigenvalue weighted by molar-refractivity contribution is 6.21. The maximum Gasteiger partial charge on any atom is 0.338 e. The normalized spacial score (nSPS) is 14.6. The lowest BCUT2D eigenvalue weighted by atomic mass is 10.1. The molecule has 0 atom stereocenters. The molecule has 0 saturated carbocycles. The fraction of sp³-hybridized carbons (Fsp3) is 0.179. The van der Waals surface area contributed by atoms with Gasteiger partial charge in [0.1, 0.15) is 0 Å². The molecule has 2 aliphatic rings. The van der Waals surface area contributed by atoms with Gasteiger partial charge < -0.3 is 15.0 Å². The van der Waals surface area contributed by atoms with Crippen LogP contribution in [0.3, 0.4) is 0 Å². The Morgan fingerprint density at radius 3 is 2.41 bits per heavy atom. The predicted molar refractivity (Wildman–Crippen MR) is 134 cm³/mol. The van der Waals surface area contributed by atoms with Crippen molar-refractivity contribution >= 4 is 41.0 Å². The summed E-state index contributed by atoms with van der Waals surface area (Å²) < 4.78 is 5.13. The number of anilines is 2. The van der Waals surface area contributed by atoms with E-state index in [-0.39, 0.29) is 29.1 Å². The first kappa shape index (κ1) is 23.9. The van der Waals surface area contributed by atoms with Crippen LogP contribution < -0.4 is 10.2 Å². The lowest BCUT2D eigenvalue weighted by molar-refractivity contribution is -0.119. The van der Waals surface area contributed by atoms with Gasteiger partial charge in [0.25, 0.3) is 17.7 Å². The summed E-state index contributed by atoms with van der Waals surface area (Å²) in [6.07, 6.45) is 1.29. The van der Waals surface area contributed by atoms with E-state index in [1.165, 1.54) is 18.2 Å². The number of nitrogens with zero attached hydrogens (tertiary/aromatic N) is 2. The number of fused-ring (bicyclic) bond motifs is 1. The first-order valence-electron chi connectivity index (χ1n) is 11.8. The minimum absolute atomic E-state index is 0.0371. The van der Waals surface area contributed by atoms with Gasteiger partial charge in [-0.25, -0.2) is 4.79 Å². The van der Waals surface area contributed by atoms with Gasteiger partial charge in [0.15, 0.2) is 6.61 Å². The molecule has 9 nitrogen and oxygen atoms in total. The number of imide groups is 1. The summed E-state index contributed by atoms with van der Waals surface area (Å²) in [6.45, 7) is 0.211. The number of carbonyl (C=O) groups is 5. The van der Waals surface area contributed by atoms with Gasteiger partial charge in [-0.2, -0.15) is 0 Å². The second-order valence-electron chi connectivity index (χ2n) is 8.77. The summed E-state index contributed by atoms with van der Waals surface area (Å²) in [7, 11) is 0. The largest absolute Gasteiger partial charge is 0.452 e. The molecule has 1 saturated heterocycles. The molecule has 186 valence electrons. The summed E-state index contributed by atoms with van der Waals surface area (Å²) >= 11 is 0. The number of esters is 1.